The quantitative estimate of drug-likeness (QED) is 0.349. The molecule has 10 nitrogen and oxygen atoms in total. The predicted octanol–water partition coefficient (Wildman–Crippen LogP) is 3.60. The van der Waals surface area contributed by atoms with Crippen molar-refractivity contribution in [3.8, 4) is 5.88 Å². The molecule has 1 fully saturated rings. The van der Waals surface area contributed by atoms with Gasteiger partial charge in [-0.05, 0) is 61.8 Å². The van der Waals surface area contributed by atoms with Gasteiger partial charge >= 0.3 is 6.09 Å². The second kappa shape index (κ2) is 11.3. The van der Waals surface area contributed by atoms with Gasteiger partial charge in [0.1, 0.15) is 5.82 Å². The molecular formula is C26H30N6O4S. The van der Waals surface area contributed by atoms with Gasteiger partial charge < -0.3 is 25.8 Å². The summed E-state index contributed by atoms with van der Waals surface area (Å²) < 4.78 is 5.25. The lowest BCUT2D eigenvalue weighted by Crippen LogP contribution is -2.44. The maximum atomic E-state index is 11.7. The second-order valence-corrected chi connectivity index (χ2v) is 10.5. The number of aromatic nitrogens is 3. The van der Waals surface area contributed by atoms with Gasteiger partial charge in [-0.25, -0.2) is 19.7 Å². The number of rotatable bonds is 8. The van der Waals surface area contributed by atoms with Crippen molar-refractivity contribution in [3.63, 3.8) is 0 Å². The summed E-state index contributed by atoms with van der Waals surface area (Å²) in [4.78, 5) is 37.9. The van der Waals surface area contributed by atoms with Crippen LogP contribution < -0.4 is 20.7 Å². The number of benzene rings is 1. The molecule has 194 valence electrons. The van der Waals surface area contributed by atoms with Crippen molar-refractivity contribution in [2.75, 3.05) is 18.2 Å². The summed E-state index contributed by atoms with van der Waals surface area (Å²) in [7, 11) is 1.55. The second-order valence-electron chi connectivity index (χ2n) is 9.44. The van der Waals surface area contributed by atoms with Gasteiger partial charge in [0, 0.05) is 18.6 Å². The smallest absolute Gasteiger partial charge is 0.404 e. The fourth-order valence-electron chi connectivity index (χ4n) is 5.15. The van der Waals surface area contributed by atoms with E-state index in [1.54, 1.807) is 13.3 Å². The minimum absolute atomic E-state index is 0.0207. The number of nitrogens with one attached hydrogen (secondary N) is 3. The number of nitrogens with zero attached hydrogens (tertiary/aromatic N) is 3. The Hall–Kier alpha value is -3.44. The average Bonchev–Trinajstić information content (AvgIpc) is 2.91. The van der Waals surface area contributed by atoms with E-state index in [0.29, 0.717) is 36.5 Å². The summed E-state index contributed by atoms with van der Waals surface area (Å²) in [6.07, 6.45) is 4.82. The maximum absolute atomic E-state index is 11.7. The largest absolute Gasteiger partial charge is 0.480 e. The van der Waals surface area contributed by atoms with E-state index in [2.05, 4.69) is 30.9 Å². The van der Waals surface area contributed by atoms with E-state index in [-0.39, 0.29) is 17.9 Å². The van der Waals surface area contributed by atoms with Gasteiger partial charge in [-0.1, -0.05) is 12.1 Å². The summed E-state index contributed by atoms with van der Waals surface area (Å²) in [6, 6.07) is 9.92. The number of hydrogen-bond donors (Lipinski definition) is 4. The van der Waals surface area contributed by atoms with Gasteiger partial charge in [0.2, 0.25) is 11.8 Å². The first-order chi connectivity index (χ1) is 18.0. The number of methoxy groups -OCH3 is 1. The number of amides is 2. The molecule has 4 N–H and O–H groups in total. The molecule has 1 saturated carbocycles. The van der Waals surface area contributed by atoms with Crippen LogP contribution in [-0.2, 0) is 17.8 Å². The number of fused-ring (bicyclic) bond motifs is 2. The zero-order chi connectivity index (χ0) is 25.8. The van der Waals surface area contributed by atoms with Gasteiger partial charge in [0.05, 0.1) is 40.7 Å². The van der Waals surface area contributed by atoms with E-state index in [9.17, 15) is 14.7 Å². The summed E-state index contributed by atoms with van der Waals surface area (Å²) in [5.74, 6) is 1.70. The minimum atomic E-state index is -1.02. The van der Waals surface area contributed by atoms with Gasteiger partial charge in [-0.2, -0.15) is 0 Å². The first kappa shape index (κ1) is 25.2. The molecule has 0 spiro atoms. The van der Waals surface area contributed by atoms with E-state index >= 15 is 0 Å². The molecule has 0 saturated heterocycles. The molecule has 1 aliphatic carbocycles. The van der Waals surface area contributed by atoms with Crippen LogP contribution in [0.5, 0.6) is 5.88 Å². The molecule has 5 rings (SSSR count). The van der Waals surface area contributed by atoms with Crippen LogP contribution in [0.1, 0.15) is 36.9 Å². The van der Waals surface area contributed by atoms with Crippen LogP contribution in [0.25, 0.3) is 11.0 Å². The van der Waals surface area contributed by atoms with Crippen LogP contribution in [0.3, 0.4) is 0 Å². The molecule has 1 aromatic carbocycles. The number of ether oxygens (including phenoxy) is 1. The van der Waals surface area contributed by atoms with Crippen LogP contribution >= 0.6 is 11.8 Å². The normalized spacial score (nSPS) is 20.1. The van der Waals surface area contributed by atoms with Crippen molar-refractivity contribution < 1.29 is 19.4 Å². The highest BCUT2D eigenvalue weighted by Crippen LogP contribution is 2.31. The molecule has 0 bridgehead atoms. The molecule has 11 heteroatoms. The standard InChI is InChI=1S/C26H30N6O4S/c1-36-23-13-28-19-4-2-3-16(24(19)32-23)11-20(30-26(34)35)15-5-7-17(8-6-15)27-12-18-9-10-21-25(29-18)31-22(33)14-37-21/h2-4,9-10,13,15,17,20,27,30H,5-8,11-12,14H2,1H3,(H,34,35)(H,29,31,33). The maximum Gasteiger partial charge on any atom is 0.404 e. The monoisotopic (exact) mass is 522 g/mol. The van der Waals surface area contributed by atoms with Crippen molar-refractivity contribution in [1.29, 1.82) is 0 Å². The van der Waals surface area contributed by atoms with Crippen molar-refractivity contribution >= 4 is 40.6 Å². The lowest BCUT2D eigenvalue weighted by Gasteiger charge is -2.34. The van der Waals surface area contributed by atoms with Crippen LogP contribution in [0.2, 0.25) is 0 Å². The molecular weight excluding hydrogens is 492 g/mol. The Bertz CT molecular complexity index is 1300. The van der Waals surface area contributed by atoms with Gasteiger partial charge in [0.15, 0.2) is 0 Å². The molecule has 2 aliphatic rings. The molecule has 1 atom stereocenters. The zero-order valence-corrected chi connectivity index (χ0v) is 21.4. The third kappa shape index (κ3) is 6.11. The number of carbonyl (C=O) groups is 2. The number of pyridine rings is 1. The molecule has 3 heterocycles. The predicted molar refractivity (Wildman–Crippen MR) is 141 cm³/mol. The number of para-hydroxylation sites is 1. The third-order valence-corrected chi connectivity index (χ3v) is 8.08. The van der Waals surface area contributed by atoms with Crippen LogP contribution in [0.15, 0.2) is 41.4 Å². The Morgan fingerprint density at radius 3 is 2.84 bits per heavy atom. The molecule has 3 aromatic rings. The molecule has 2 aromatic heterocycles. The van der Waals surface area contributed by atoms with Crippen molar-refractivity contribution in [1.82, 2.24) is 25.6 Å². The topological polar surface area (TPSA) is 138 Å². The van der Waals surface area contributed by atoms with E-state index in [1.807, 2.05) is 30.3 Å². The molecule has 1 aliphatic heterocycles. The number of carboxylic acid groups (broad SMARTS) is 1. The molecule has 0 radical (unpaired) electrons. The number of thioether (sulfide) groups is 1. The fraction of sp³-hybridized carbons (Fsp3) is 0.423. The minimum Gasteiger partial charge on any atom is -0.480 e. The Morgan fingerprint density at radius 2 is 2.05 bits per heavy atom. The van der Waals surface area contributed by atoms with Gasteiger partial charge in [-0.3, -0.25) is 4.79 Å². The van der Waals surface area contributed by atoms with Gasteiger partial charge in [-0.15, -0.1) is 11.8 Å². The van der Waals surface area contributed by atoms with E-state index in [0.717, 1.165) is 52.9 Å². The van der Waals surface area contributed by atoms with Crippen LogP contribution in [0.4, 0.5) is 10.6 Å². The Labute approximate surface area is 219 Å². The molecule has 1 unspecified atom stereocenters. The highest BCUT2D eigenvalue weighted by atomic mass is 32.2. The Balaban J connectivity index is 1.21. The van der Waals surface area contributed by atoms with E-state index in [4.69, 9.17) is 4.74 Å². The Kier molecular flexibility index (Phi) is 7.71. The molecule has 37 heavy (non-hydrogen) atoms. The lowest BCUT2D eigenvalue weighted by molar-refractivity contribution is -0.113. The first-order valence-corrected chi connectivity index (χ1v) is 13.4. The zero-order valence-electron chi connectivity index (χ0n) is 20.6. The number of carbonyl (C=O) groups excluding carboxylic acids is 1. The SMILES string of the molecule is COc1cnc2cccc(CC(NC(=O)O)C3CCC(NCc4ccc5c(n4)NC(=O)CS5)CC3)c2n1. The third-order valence-electron chi connectivity index (χ3n) is 7.04. The summed E-state index contributed by atoms with van der Waals surface area (Å²) >= 11 is 1.51. The highest BCUT2D eigenvalue weighted by Gasteiger charge is 2.29. The summed E-state index contributed by atoms with van der Waals surface area (Å²) in [5.41, 5.74) is 3.34. The van der Waals surface area contributed by atoms with Crippen molar-refractivity contribution in [2.24, 2.45) is 5.92 Å². The molecule has 2 amide bonds. The van der Waals surface area contributed by atoms with E-state index < -0.39 is 6.09 Å². The Morgan fingerprint density at radius 1 is 1.22 bits per heavy atom. The van der Waals surface area contributed by atoms with Crippen LogP contribution in [0, 0.1) is 5.92 Å². The fourth-order valence-corrected chi connectivity index (χ4v) is 5.90. The number of anilines is 1. The lowest BCUT2D eigenvalue weighted by atomic mass is 9.79. The average molecular weight is 523 g/mol. The summed E-state index contributed by atoms with van der Waals surface area (Å²) in [6.45, 7) is 0.621. The van der Waals surface area contributed by atoms with Crippen molar-refractivity contribution in [3.05, 3.63) is 47.8 Å². The summed E-state index contributed by atoms with van der Waals surface area (Å²) in [5, 5.41) is 18.7. The van der Waals surface area contributed by atoms with E-state index in [1.165, 1.54) is 11.8 Å². The number of hydrogen-bond acceptors (Lipinski definition) is 8. The highest BCUT2D eigenvalue weighted by molar-refractivity contribution is 8.00. The first-order valence-electron chi connectivity index (χ1n) is 12.4. The van der Waals surface area contributed by atoms with Crippen LogP contribution in [-0.4, -0.2) is 57.0 Å². The van der Waals surface area contributed by atoms with Gasteiger partial charge in [0.25, 0.3) is 0 Å². The van der Waals surface area contributed by atoms with Crippen molar-refractivity contribution in [2.45, 2.75) is 55.6 Å².